The van der Waals surface area contributed by atoms with Crippen LogP contribution in [0.25, 0.3) is 0 Å². The molecule has 0 aliphatic heterocycles. The van der Waals surface area contributed by atoms with Crippen molar-refractivity contribution in [2.24, 2.45) is 0 Å². The predicted molar refractivity (Wildman–Crippen MR) is 112 cm³/mol. The first kappa shape index (κ1) is 20.6. The van der Waals surface area contributed by atoms with Gasteiger partial charge in [0.1, 0.15) is 6.33 Å². The van der Waals surface area contributed by atoms with E-state index in [9.17, 15) is 4.79 Å². The molecular formula is C20H22N6O4. The highest BCUT2D eigenvalue weighted by molar-refractivity contribution is 5.99. The maximum atomic E-state index is 12.1. The van der Waals surface area contributed by atoms with Gasteiger partial charge in [-0.2, -0.15) is 4.98 Å². The molecule has 0 radical (unpaired) electrons. The van der Waals surface area contributed by atoms with Gasteiger partial charge in [-0.1, -0.05) is 12.1 Å². The van der Waals surface area contributed by atoms with Gasteiger partial charge in [0.15, 0.2) is 11.5 Å². The first-order chi connectivity index (χ1) is 14.6. The largest absolute Gasteiger partial charge is 0.493 e. The van der Waals surface area contributed by atoms with Crippen LogP contribution in [0, 0.1) is 0 Å². The topological polar surface area (TPSA) is 120 Å². The van der Waals surface area contributed by atoms with E-state index in [1.807, 2.05) is 6.07 Å². The van der Waals surface area contributed by atoms with Gasteiger partial charge in [-0.05, 0) is 12.1 Å². The minimum Gasteiger partial charge on any atom is -0.493 e. The average Bonchev–Trinajstić information content (AvgIpc) is 2.78. The number of benzene rings is 2. The summed E-state index contributed by atoms with van der Waals surface area (Å²) in [6.45, 7) is 0. The second kappa shape index (κ2) is 9.41. The number of anilines is 4. The van der Waals surface area contributed by atoms with E-state index in [0.717, 1.165) is 0 Å². The van der Waals surface area contributed by atoms with E-state index in [1.165, 1.54) is 27.7 Å². The average molecular weight is 410 g/mol. The summed E-state index contributed by atoms with van der Waals surface area (Å²) < 4.78 is 16.0. The molecule has 3 rings (SSSR count). The standard InChI is InChI=1S/C20H22N6O4/c1-21-18(27)13-7-5-6-8-14(13)25-20-23-11-22-19(26-20)24-12-9-15(28-2)17(30-4)16(10-12)29-3/h5-11H,1-4H3,(H,21,27)(H2,22,23,24,25,26). The Kier molecular flexibility index (Phi) is 6.48. The number of carbonyl (C=O) groups is 1. The van der Waals surface area contributed by atoms with Crippen LogP contribution in [0.4, 0.5) is 23.3 Å². The molecule has 0 fully saturated rings. The molecule has 1 amide bonds. The number of methoxy groups -OCH3 is 3. The third kappa shape index (κ3) is 4.49. The van der Waals surface area contributed by atoms with Crippen molar-refractivity contribution in [1.29, 1.82) is 0 Å². The van der Waals surface area contributed by atoms with E-state index in [4.69, 9.17) is 14.2 Å². The molecular weight excluding hydrogens is 388 g/mol. The Bertz CT molecular complexity index is 1020. The molecule has 2 aromatic carbocycles. The molecule has 0 atom stereocenters. The normalized spacial score (nSPS) is 10.1. The van der Waals surface area contributed by atoms with Crippen molar-refractivity contribution in [3.05, 3.63) is 48.3 Å². The SMILES string of the molecule is CNC(=O)c1ccccc1Nc1ncnc(Nc2cc(OC)c(OC)c(OC)c2)n1. The number of hydrogen-bond acceptors (Lipinski definition) is 9. The number of amides is 1. The molecule has 0 saturated heterocycles. The number of aromatic nitrogens is 3. The Morgan fingerprint density at radius 1 is 0.900 bits per heavy atom. The van der Waals surface area contributed by atoms with Gasteiger partial charge in [-0.3, -0.25) is 4.79 Å². The summed E-state index contributed by atoms with van der Waals surface area (Å²) in [7, 11) is 6.18. The number of hydrogen-bond donors (Lipinski definition) is 3. The first-order valence-electron chi connectivity index (χ1n) is 8.93. The van der Waals surface area contributed by atoms with E-state index < -0.39 is 0 Å². The van der Waals surface area contributed by atoms with Gasteiger partial charge in [-0.25, -0.2) is 9.97 Å². The molecule has 3 aromatic rings. The van der Waals surface area contributed by atoms with Gasteiger partial charge in [0.2, 0.25) is 17.6 Å². The molecule has 30 heavy (non-hydrogen) atoms. The Balaban J connectivity index is 1.86. The number of rotatable bonds is 8. The fourth-order valence-electron chi connectivity index (χ4n) is 2.74. The highest BCUT2D eigenvalue weighted by Crippen LogP contribution is 2.40. The van der Waals surface area contributed by atoms with Crippen LogP contribution in [0.2, 0.25) is 0 Å². The third-order valence-corrected chi connectivity index (χ3v) is 4.14. The van der Waals surface area contributed by atoms with E-state index in [-0.39, 0.29) is 11.9 Å². The van der Waals surface area contributed by atoms with Gasteiger partial charge in [-0.15, -0.1) is 0 Å². The monoisotopic (exact) mass is 410 g/mol. The summed E-state index contributed by atoms with van der Waals surface area (Å²) >= 11 is 0. The van der Waals surface area contributed by atoms with Gasteiger partial charge in [0.25, 0.3) is 5.91 Å². The van der Waals surface area contributed by atoms with E-state index in [2.05, 4.69) is 30.9 Å². The zero-order chi connectivity index (χ0) is 21.5. The Morgan fingerprint density at radius 3 is 2.13 bits per heavy atom. The highest BCUT2D eigenvalue weighted by Gasteiger charge is 2.14. The van der Waals surface area contributed by atoms with Crippen LogP contribution in [-0.2, 0) is 0 Å². The summed E-state index contributed by atoms with van der Waals surface area (Å²) in [5, 5.41) is 8.73. The van der Waals surface area contributed by atoms with Crippen LogP contribution >= 0.6 is 0 Å². The zero-order valence-electron chi connectivity index (χ0n) is 17.0. The van der Waals surface area contributed by atoms with Crippen molar-refractivity contribution < 1.29 is 19.0 Å². The minimum absolute atomic E-state index is 0.220. The molecule has 0 aliphatic rings. The van der Waals surface area contributed by atoms with Crippen molar-refractivity contribution in [3.63, 3.8) is 0 Å². The van der Waals surface area contributed by atoms with E-state index >= 15 is 0 Å². The second-order valence-electron chi connectivity index (χ2n) is 5.92. The molecule has 0 aliphatic carbocycles. The molecule has 3 N–H and O–H groups in total. The lowest BCUT2D eigenvalue weighted by atomic mass is 10.1. The van der Waals surface area contributed by atoms with Gasteiger partial charge >= 0.3 is 0 Å². The molecule has 0 bridgehead atoms. The van der Waals surface area contributed by atoms with Crippen LogP contribution < -0.4 is 30.2 Å². The highest BCUT2D eigenvalue weighted by atomic mass is 16.5. The third-order valence-electron chi connectivity index (χ3n) is 4.14. The van der Waals surface area contributed by atoms with Crippen molar-refractivity contribution >= 4 is 29.2 Å². The molecule has 0 spiro atoms. The van der Waals surface area contributed by atoms with E-state index in [0.29, 0.717) is 40.1 Å². The quantitative estimate of drug-likeness (QED) is 0.515. The number of ether oxygens (including phenoxy) is 3. The molecule has 10 heteroatoms. The molecule has 1 aromatic heterocycles. The Morgan fingerprint density at radius 2 is 1.53 bits per heavy atom. The second-order valence-corrected chi connectivity index (χ2v) is 5.92. The zero-order valence-corrected chi connectivity index (χ0v) is 17.0. The fraction of sp³-hybridized carbons (Fsp3) is 0.200. The van der Waals surface area contributed by atoms with Crippen molar-refractivity contribution in [3.8, 4) is 17.2 Å². The van der Waals surface area contributed by atoms with Crippen molar-refractivity contribution in [2.75, 3.05) is 39.0 Å². The molecule has 1 heterocycles. The smallest absolute Gasteiger partial charge is 0.253 e. The van der Waals surface area contributed by atoms with Gasteiger partial charge in [0.05, 0.1) is 32.6 Å². The van der Waals surface area contributed by atoms with Crippen LogP contribution in [0.1, 0.15) is 10.4 Å². The van der Waals surface area contributed by atoms with Crippen molar-refractivity contribution in [2.45, 2.75) is 0 Å². The first-order valence-corrected chi connectivity index (χ1v) is 8.93. The number of carbonyl (C=O) groups excluding carboxylic acids is 1. The number of para-hydroxylation sites is 1. The summed E-state index contributed by atoms with van der Waals surface area (Å²) in [6.07, 6.45) is 1.36. The summed E-state index contributed by atoms with van der Waals surface area (Å²) in [5.74, 6) is 1.81. The lowest BCUT2D eigenvalue weighted by Gasteiger charge is -2.15. The van der Waals surface area contributed by atoms with E-state index in [1.54, 1.807) is 37.4 Å². The lowest BCUT2D eigenvalue weighted by molar-refractivity contribution is 0.0964. The number of nitrogens with one attached hydrogen (secondary N) is 3. The fourth-order valence-corrected chi connectivity index (χ4v) is 2.74. The molecule has 156 valence electrons. The number of nitrogens with zero attached hydrogens (tertiary/aromatic N) is 3. The summed E-state index contributed by atoms with van der Waals surface area (Å²) in [5.41, 5.74) is 1.67. The maximum absolute atomic E-state index is 12.1. The van der Waals surface area contributed by atoms with Crippen LogP contribution in [-0.4, -0.2) is 49.2 Å². The molecule has 0 unspecified atom stereocenters. The Labute approximate surface area is 173 Å². The van der Waals surface area contributed by atoms with Gasteiger partial charge < -0.3 is 30.2 Å². The lowest BCUT2D eigenvalue weighted by Crippen LogP contribution is -2.19. The Hall–Kier alpha value is -4.08. The predicted octanol–water partition coefficient (Wildman–Crippen LogP) is 2.74. The van der Waals surface area contributed by atoms with Crippen LogP contribution in [0.3, 0.4) is 0 Å². The molecule has 10 nitrogen and oxygen atoms in total. The van der Waals surface area contributed by atoms with Gasteiger partial charge in [0, 0.05) is 24.9 Å². The minimum atomic E-state index is -0.220. The molecule has 0 saturated carbocycles. The summed E-state index contributed by atoms with van der Waals surface area (Å²) in [6, 6.07) is 10.5. The summed E-state index contributed by atoms with van der Waals surface area (Å²) in [4.78, 5) is 24.7. The van der Waals surface area contributed by atoms with Crippen LogP contribution in [0.15, 0.2) is 42.7 Å². The van der Waals surface area contributed by atoms with Crippen molar-refractivity contribution in [1.82, 2.24) is 20.3 Å². The maximum Gasteiger partial charge on any atom is 0.253 e. The van der Waals surface area contributed by atoms with Crippen LogP contribution in [0.5, 0.6) is 17.2 Å².